The van der Waals surface area contributed by atoms with E-state index < -0.39 is 10.0 Å². The van der Waals surface area contributed by atoms with E-state index in [9.17, 15) is 13.2 Å². The fraction of sp³-hybridized carbons (Fsp3) is 0.188. The normalized spacial score (nSPS) is 13.7. The molecule has 0 spiro atoms. The number of carbonyl (C=O) groups is 1. The molecule has 0 aromatic heterocycles. The van der Waals surface area contributed by atoms with Crippen LogP contribution in [0, 0.1) is 0 Å². The third-order valence-electron chi connectivity index (χ3n) is 3.73. The maximum Gasteiger partial charge on any atom is 0.261 e. The number of halogens is 1. The van der Waals surface area contributed by atoms with Crippen LogP contribution >= 0.6 is 15.9 Å². The minimum atomic E-state index is -3.65. The summed E-state index contributed by atoms with van der Waals surface area (Å²) in [5, 5.41) is 0. The molecule has 2 aromatic carbocycles. The number of nitrogens with zero attached hydrogens (tertiary/aromatic N) is 1. The van der Waals surface area contributed by atoms with Gasteiger partial charge >= 0.3 is 0 Å². The molecule has 0 aliphatic carbocycles. The molecule has 7 heteroatoms. The van der Waals surface area contributed by atoms with E-state index in [0.717, 1.165) is 15.7 Å². The summed E-state index contributed by atoms with van der Waals surface area (Å²) in [6.07, 6.45) is 0.663. The number of anilines is 2. The number of fused-ring (bicyclic) bond motifs is 1. The van der Waals surface area contributed by atoms with Gasteiger partial charge in [-0.3, -0.25) is 9.52 Å². The van der Waals surface area contributed by atoms with Crippen LogP contribution in [0.3, 0.4) is 0 Å². The lowest BCUT2D eigenvalue weighted by Gasteiger charge is -2.15. The summed E-state index contributed by atoms with van der Waals surface area (Å²) in [5.41, 5.74) is 2.16. The molecule has 23 heavy (non-hydrogen) atoms. The van der Waals surface area contributed by atoms with Crippen LogP contribution in [0.25, 0.3) is 0 Å². The van der Waals surface area contributed by atoms with Crippen LogP contribution in [0.4, 0.5) is 11.4 Å². The summed E-state index contributed by atoms with van der Waals surface area (Å²) in [7, 11) is -3.65. The van der Waals surface area contributed by atoms with Gasteiger partial charge in [0.05, 0.1) is 4.90 Å². The van der Waals surface area contributed by atoms with Crippen molar-refractivity contribution in [2.75, 3.05) is 16.2 Å². The van der Waals surface area contributed by atoms with Crippen molar-refractivity contribution >= 4 is 43.2 Å². The standard InChI is InChI=1S/C16H15BrN2O3S/c1-11(20)19-9-8-12-10-15(6-7-16(12)19)23(21,22)18-14-4-2-13(17)3-5-14/h2-7,10,18H,8-9H2,1H3. The van der Waals surface area contributed by atoms with Gasteiger partial charge in [0.25, 0.3) is 10.0 Å². The highest BCUT2D eigenvalue weighted by atomic mass is 79.9. The second-order valence-electron chi connectivity index (χ2n) is 5.32. The van der Waals surface area contributed by atoms with E-state index >= 15 is 0 Å². The van der Waals surface area contributed by atoms with Gasteiger partial charge in [-0.15, -0.1) is 0 Å². The Kier molecular flexibility index (Phi) is 4.16. The average molecular weight is 395 g/mol. The molecule has 0 radical (unpaired) electrons. The largest absolute Gasteiger partial charge is 0.312 e. The summed E-state index contributed by atoms with van der Waals surface area (Å²) in [4.78, 5) is 13.4. The minimum absolute atomic E-state index is 0.0349. The molecular weight excluding hydrogens is 380 g/mol. The Labute approximate surface area is 143 Å². The third-order valence-corrected chi connectivity index (χ3v) is 5.64. The van der Waals surface area contributed by atoms with Gasteiger partial charge in [0, 0.05) is 29.3 Å². The topological polar surface area (TPSA) is 66.5 Å². The van der Waals surface area contributed by atoms with Crippen molar-refractivity contribution < 1.29 is 13.2 Å². The summed E-state index contributed by atoms with van der Waals surface area (Å²) in [6, 6.07) is 11.8. The lowest BCUT2D eigenvalue weighted by Crippen LogP contribution is -2.25. The fourth-order valence-electron chi connectivity index (χ4n) is 2.60. The molecule has 1 aliphatic rings. The summed E-state index contributed by atoms with van der Waals surface area (Å²) in [5.74, 6) is -0.0349. The molecule has 1 amide bonds. The number of rotatable bonds is 3. The highest BCUT2D eigenvalue weighted by molar-refractivity contribution is 9.10. The second-order valence-corrected chi connectivity index (χ2v) is 7.92. The van der Waals surface area contributed by atoms with E-state index in [0.29, 0.717) is 18.7 Å². The minimum Gasteiger partial charge on any atom is -0.312 e. The maximum atomic E-state index is 12.5. The monoisotopic (exact) mass is 394 g/mol. The van der Waals surface area contributed by atoms with Gasteiger partial charge in [0.2, 0.25) is 5.91 Å². The van der Waals surface area contributed by atoms with Gasteiger partial charge in [0.1, 0.15) is 0 Å². The third kappa shape index (κ3) is 3.25. The second kappa shape index (κ2) is 5.98. The molecule has 0 atom stereocenters. The number of nitrogens with one attached hydrogen (secondary N) is 1. The van der Waals surface area contributed by atoms with Gasteiger partial charge in [0.15, 0.2) is 0 Å². The van der Waals surface area contributed by atoms with Gasteiger partial charge < -0.3 is 4.90 Å². The molecular formula is C16H15BrN2O3S. The maximum absolute atomic E-state index is 12.5. The van der Waals surface area contributed by atoms with Crippen LogP contribution in [0.2, 0.25) is 0 Å². The highest BCUT2D eigenvalue weighted by Gasteiger charge is 2.24. The number of benzene rings is 2. The molecule has 1 N–H and O–H groups in total. The van der Waals surface area contributed by atoms with Crippen LogP contribution < -0.4 is 9.62 Å². The Morgan fingerprint density at radius 3 is 2.52 bits per heavy atom. The summed E-state index contributed by atoms with van der Waals surface area (Å²) < 4.78 is 28.4. The molecule has 0 saturated carbocycles. The molecule has 3 rings (SSSR count). The van der Waals surface area contributed by atoms with Crippen molar-refractivity contribution in [2.24, 2.45) is 0 Å². The Morgan fingerprint density at radius 2 is 1.87 bits per heavy atom. The lowest BCUT2D eigenvalue weighted by molar-refractivity contribution is -0.116. The summed E-state index contributed by atoms with van der Waals surface area (Å²) >= 11 is 3.31. The first-order valence-electron chi connectivity index (χ1n) is 7.06. The van der Waals surface area contributed by atoms with E-state index in [1.54, 1.807) is 41.3 Å². The smallest absolute Gasteiger partial charge is 0.261 e. The molecule has 1 aliphatic heterocycles. The average Bonchev–Trinajstić information content (AvgIpc) is 2.92. The van der Waals surface area contributed by atoms with Gasteiger partial charge in [-0.1, -0.05) is 15.9 Å². The van der Waals surface area contributed by atoms with E-state index in [1.165, 1.54) is 13.0 Å². The molecule has 5 nitrogen and oxygen atoms in total. The van der Waals surface area contributed by atoms with Gasteiger partial charge in [-0.05, 0) is 54.4 Å². The SMILES string of the molecule is CC(=O)N1CCc2cc(S(=O)(=O)Nc3ccc(Br)cc3)ccc21. The Bertz CT molecular complexity index is 863. The Morgan fingerprint density at radius 1 is 1.17 bits per heavy atom. The zero-order valence-corrected chi connectivity index (χ0v) is 14.8. The van der Waals surface area contributed by atoms with E-state index in [4.69, 9.17) is 0 Å². The van der Waals surface area contributed by atoms with Crippen molar-refractivity contribution in [3.63, 3.8) is 0 Å². The highest BCUT2D eigenvalue weighted by Crippen LogP contribution is 2.30. The van der Waals surface area contributed by atoms with Crippen molar-refractivity contribution in [3.8, 4) is 0 Å². The molecule has 120 valence electrons. The number of hydrogen-bond acceptors (Lipinski definition) is 3. The van der Waals surface area contributed by atoms with Gasteiger partial charge in [-0.2, -0.15) is 0 Å². The number of hydrogen-bond donors (Lipinski definition) is 1. The fourth-order valence-corrected chi connectivity index (χ4v) is 3.98. The molecule has 0 saturated heterocycles. The van der Waals surface area contributed by atoms with E-state index in [-0.39, 0.29) is 10.8 Å². The van der Waals surface area contributed by atoms with Crippen molar-refractivity contribution in [1.82, 2.24) is 0 Å². The van der Waals surface area contributed by atoms with Crippen LogP contribution in [-0.2, 0) is 21.2 Å². The van der Waals surface area contributed by atoms with Crippen LogP contribution in [0.1, 0.15) is 12.5 Å². The number of amides is 1. The van der Waals surface area contributed by atoms with Crippen molar-refractivity contribution in [3.05, 3.63) is 52.5 Å². The predicted molar refractivity (Wildman–Crippen MR) is 93.1 cm³/mol. The van der Waals surface area contributed by atoms with Crippen molar-refractivity contribution in [2.45, 2.75) is 18.2 Å². The van der Waals surface area contributed by atoms with Crippen LogP contribution in [0.15, 0.2) is 51.8 Å². The molecule has 2 aromatic rings. The lowest BCUT2D eigenvalue weighted by atomic mass is 10.2. The van der Waals surface area contributed by atoms with Gasteiger partial charge in [-0.25, -0.2) is 8.42 Å². The number of carbonyl (C=O) groups excluding carboxylic acids is 1. The van der Waals surface area contributed by atoms with Crippen LogP contribution in [-0.4, -0.2) is 20.9 Å². The quantitative estimate of drug-likeness (QED) is 0.868. The van der Waals surface area contributed by atoms with Crippen LogP contribution in [0.5, 0.6) is 0 Å². The Balaban J connectivity index is 1.89. The zero-order valence-electron chi connectivity index (χ0n) is 12.4. The van der Waals surface area contributed by atoms with E-state index in [1.807, 2.05) is 0 Å². The Hall–Kier alpha value is -1.86. The molecule has 0 unspecified atom stereocenters. The van der Waals surface area contributed by atoms with E-state index in [2.05, 4.69) is 20.7 Å². The number of sulfonamides is 1. The first-order chi connectivity index (χ1) is 10.9. The first kappa shape index (κ1) is 16.0. The van der Waals surface area contributed by atoms with Crippen molar-refractivity contribution in [1.29, 1.82) is 0 Å². The zero-order chi connectivity index (χ0) is 16.6. The molecule has 1 heterocycles. The summed E-state index contributed by atoms with van der Waals surface area (Å²) in [6.45, 7) is 2.10. The predicted octanol–water partition coefficient (Wildman–Crippen LogP) is 3.16. The molecule has 0 fully saturated rings. The first-order valence-corrected chi connectivity index (χ1v) is 9.34. The molecule has 0 bridgehead atoms.